The summed E-state index contributed by atoms with van der Waals surface area (Å²) in [5.41, 5.74) is 1.39. The molecular weight excluding hydrogens is 297 g/mol. The summed E-state index contributed by atoms with van der Waals surface area (Å²) in [6, 6.07) is 13.6. The van der Waals surface area contributed by atoms with Crippen LogP contribution in [0.15, 0.2) is 48.5 Å². The summed E-state index contributed by atoms with van der Waals surface area (Å²) in [7, 11) is 0. The minimum Gasteiger partial charge on any atom is -0.491 e. The minimum atomic E-state index is -0.833. The normalized spacial score (nSPS) is 11.8. The predicted molar refractivity (Wildman–Crippen MR) is 85.8 cm³/mol. The smallest absolute Gasteiger partial charge is 0.224 e. The van der Waals surface area contributed by atoms with Crippen molar-refractivity contribution in [2.75, 3.05) is 13.2 Å². The van der Waals surface area contributed by atoms with E-state index in [1.54, 1.807) is 24.3 Å². The number of halogens is 1. The Labute approximate surface area is 134 Å². The van der Waals surface area contributed by atoms with Crippen LogP contribution in [0.1, 0.15) is 11.1 Å². The van der Waals surface area contributed by atoms with Gasteiger partial charge in [0.1, 0.15) is 24.3 Å². The number of hydrogen-bond acceptors (Lipinski definition) is 3. The predicted octanol–water partition coefficient (Wildman–Crippen LogP) is 2.23. The first kappa shape index (κ1) is 17.0. The lowest BCUT2D eigenvalue weighted by Crippen LogP contribution is -2.36. The van der Waals surface area contributed by atoms with Crippen molar-refractivity contribution in [2.24, 2.45) is 0 Å². The molecule has 0 heterocycles. The zero-order chi connectivity index (χ0) is 16.7. The molecule has 2 N–H and O–H groups in total. The van der Waals surface area contributed by atoms with Crippen molar-refractivity contribution in [1.29, 1.82) is 0 Å². The monoisotopic (exact) mass is 317 g/mol. The van der Waals surface area contributed by atoms with Crippen molar-refractivity contribution in [2.45, 2.75) is 19.4 Å². The van der Waals surface area contributed by atoms with Crippen LogP contribution in [-0.4, -0.2) is 30.3 Å². The average molecular weight is 317 g/mol. The molecule has 1 atom stereocenters. The summed E-state index contributed by atoms with van der Waals surface area (Å²) >= 11 is 0. The Morgan fingerprint density at radius 3 is 2.78 bits per heavy atom. The second kappa shape index (κ2) is 8.29. The molecule has 0 fully saturated rings. The standard InChI is InChI=1S/C18H20FNO3/c1-13-5-4-7-16(9-13)23-12-15(21)11-20-18(22)10-14-6-2-3-8-17(14)19/h2-9,15,21H,10-12H2,1H3,(H,20,22). The molecule has 0 bridgehead atoms. The van der Waals surface area contributed by atoms with E-state index in [4.69, 9.17) is 4.74 Å². The molecule has 1 amide bonds. The summed E-state index contributed by atoms with van der Waals surface area (Å²) in [6.07, 6.45) is -0.891. The van der Waals surface area contributed by atoms with Gasteiger partial charge in [0.15, 0.2) is 0 Å². The Bertz CT molecular complexity index is 660. The molecule has 2 aromatic carbocycles. The van der Waals surface area contributed by atoms with Gasteiger partial charge in [0.2, 0.25) is 5.91 Å². The quantitative estimate of drug-likeness (QED) is 0.823. The molecule has 2 rings (SSSR count). The Kier molecular flexibility index (Phi) is 6.11. The van der Waals surface area contributed by atoms with Gasteiger partial charge < -0.3 is 15.2 Å². The lowest BCUT2D eigenvalue weighted by Gasteiger charge is -2.13. The molecule has 0 aliphatic rings. The van der Waals surface area contributed by atoms with Gasteiger partial charge in [0.25, 0.3) is 0 Å². The van der Waals surface area contributed by atoms with E-state index >= 15 is 0 Å². The first-order chi connectivity index (χ1) is 11.0. The Hall–Kier alpha value is -2.40. The van der Waals surface area contributed by atoms with E-state index < -0.39 is 11.9 Å². The Morgan fingerprint density at radius 2 is 2.04 bits per heavy atom. The van der Waals surface area contributed by atoms with Gasteiger partial charge in [-0.1, -0.05) is 30.3 Å². The van der Waals surface area contributed by atoms with Crippen molar-refractivity contribution in [3.05, 3.63) is 65.5 Å². The number of nitrogens with one attached hydrogen (secondary N) is 1. The molecule has 2 aromatic rings. The number of hydrogen-bond donors (Lipinski definition) is 2. The van der Waals surface area contributed by atoms with Crippen LogP contribution in [0.4, 0.5) is 4.39 Å². The number of aryl methyl sites for hydroxylation is 1. The van der Waals surface area contributed by atoms with Gasteiger partial charge in [-0.15, -0.1) is 0 Å². The third-order valence-electron chi connectivity index (χ3n) is 3.28. The summed E-state index contributed by atoms with van der Waals surface area (Å²) in [5, 5.41) is 12.4. The van der Waals surface area contributed by atoms with Gasteiger partial charge in [0.05, 0.1) is 6.42 Å². The lowest BCUT2D eigenvalue weighted by molar-refractivity contribution is -0.121. The molecule has 0 aliphatic carbocycles. The van der Waals surface area contributed by atoms with Crippen molar-refractivity contribution in [1.82, 2.24) is 5.32 Å². The summed E-state index contributed by atoms with van der Waals surface area (Å²) < 4.78 is 18.9. The van der Waals surface area contributed by atoms with Crippen LogP contribution in [0.3, 0.4) is 0 Å². The lowest BCUT2D eigenvalue weighted by atomic mass is 10.1. The molecule has 0 spiro atoms. The van der Waals surface area contributed by atoms with Crippen LogP contribution < -0.4 is 10.1 Å². The zero-order valence-electron chi connectivity index (χ0n) is 13.0. The zero-order valence-corrected chi connectivity index (χ0v) is 13.0. The first-order valence-electron chi connectivity index (χ1n) is 7.42. The molecule has 5 heteroatoms. The van der Waals surface area contributed by atoms with Gasteiger partial charge in [0, 0.05) is 6.54 Å². The van der Waals surface area contributed by atoms with Crippen LogP contribution in [0, 0.1) is 12.7 Å². The van der Waals surface area contributed by atoms with Gasteiger partial charge in [-0.3, -0.25) is 4.79 Å². The van der Waals surface area contributed by atoms with E-state index in [2.05, 4.69) is 5.32 Å². The fraction of sp³-hybridized carbons (Fsp3) is 0.278. The molecule has 1 unspecified atom stereocenters. The van der Waals surface area contributed by atoms with Crippen LogP contribution in [0.5, 0.6) is 5.75 Å². The molecule has 122 valence electrons. The van der Waals surface area contributed by atoms with Crippen molar-refractivity contribution >= 4 is 5.91 Å². The van der Waals surface area contributed by atoms with E-state index in [1.807, 2.05) is 25.1 Å². The van der Waals surface area contributed by atoms with Gasteiger partial charge in [-0.25, -0.2) is 4.39 Å². The van der Waals surface area contributed by atoms with Gasteiger partial charge in [-0.2, -0.15) is 0 Å². The van der Waals surface area contributed by atoms with E-state index in [1.165, 1.54) is 6.07 Å². The number of rotatable bonds is 7. The van der Waals surface area contributed by atoms with E-state index in [0.717, 1.165) is 5.56 Å². The fourth-order valence-electron chi connectivity index (χ4n) is 2.07. The summed E-state index contributed by atoms with van der Waals surface area (Å²) in [5.74, 6) is -0.0857. The summed E-state index contributed by atoms with van der Waals surface area (Å²) in [6.45, 7) is 2.08. The van der Waals surface area contributed by atoms with Crippen LogP contribution in [0.25, 0.3) is 0 Å². The molecule has 0 aromatic heterocycles. The van der Waals surface area contributed by atoms with E-state index in [-0.39, 0.29) is 25.5 Å². The summed E-state index contributed by atoms with van der Waals surface area (Å²) in [4.78, 5) is 11.8. The molecule has 0 aliphatic heterocycles. The minimum absolute atomic E-state index is 0.0547. The maximum atomic E-state index is 13.4. The van der Waals surface area contributed by atoms with E-state index in [9.17, 15) is 14.3 Å². The van der Waals surface area contributed by atoms with Gasteiger partial charge in [-0.05, 0) is 36.2 Å². The molecule has 0 radical (unpaired) electrons. The van der Waals surface area contributed by atoms with Crippen molar-refractivity contribution < 1.29 is 19.0 Å². The molecule has 0 saturated heterocycles. The van der Waals surface area contributed by atoms with Crippen LogP contribution in [-0.2, 0) is 11.2 Å². The molecule has 23 heavy (non-hydrogen) atoms. The van der Waals surface area contributed by atoms with Gasteiger partial charge >= 0.3 is 0 Å². The fourth-order valence-corrected chi connectivity index (χ4v) is 2.07. The molecule has 4 nitrogen and oxygen atoms in total. The SMILES string of the molecule is Cc1cccc(OCC(O)CNC(=O)Cc2ccccc2F)c1. The number of aliphatic hydroxyl groups excluding tert-OH is 1. The number of carbonyl (C=O) groups excluding carboxylic acids is 1. The van der Waals surface area contributed by atoms with Crippen LogP contribution in [0.2, 0.25) is 0 Å². The topological polar surface area (TPSA) is 58.6 Å². The highest BCUT2D eigenvalue weighted by molar-refractivity contribution is 5.78. The number of carbonyl (C=O) groups is 1. The number of benzene rings is 2. The maximum absolute atomic E-state index is 13.4. The average Bonchev–Trinajstić information content (AvgIpc) is 2.53. The van der Waals surface area contributed by atoms with Crippen LogP contribution >= 0.6 is 0 Å². The Balaban J connectivity index is 1.72. The van der Waals surface area contributed by atoms with E-state index in [0.29, 0.717) is 11.3 Å². The second-order valence-electron chi connectivity index (χ2n) is 5.35. The second-order valence-corrected chi connectivity index (χ2v) is 5.35. The van der Waals surface area contributed by atoms with Crippen molar-refractivity contribution in [3.8, 4) is 5.75 Å². The third kappa shape index (κ3) is 5.71. The third-order valence-corrected chi connectivity index (χ3v) is 3.28. The number of amides is 1. The number of aliphatic hydroxyl groups is 1. The maximum Gasteiger partial charge on any atom is 0.224 e. The highest BCUT2D eigenvalue weighted by Crippen LogP contribution is 2.12. The van der Waals surface area contributed by atoms with Crippen molar-refractivity contribution in [3.63, 3.8) is 0 Å². The number of ether oxygens (including phenoxy) is 1. The Morgan fingerprint density at radius 1 is 1.26 bits per heavy atom. The first-order valence-corrected chi connectivity index (χ1v) is 7.42. The highest BCUT2D eigenvalue weighted by Gasteiger charge is 2.10. The largest absolute Gasteiger partial charge is 0.491 e. The molecule has 0 saturated carbocycles. The highest BCUT2D eigenvalue weighted by atomic mass is 19.1. The molecular formula is C18H20FNO3.